The minimum atomic E-state index is 0.310. The molecule has 3 N–H and O–H groups in total. The van der Waals surface area contributed by atoms with Gasteiger partial charge in [0.25, 0.3) is 0 Å². The van der Waals surface area contributed by atoms with E-state index in [4.69, 9.17) is 5.73 Å². The maximum Gasteiger partial charge on any atom is 0.138 e. The van der Waals surface area contributed by atoms with Crippen molar-refractivity contribution in [2.75, 3.05) is 19.6 Å². The van der Waals surface area contributed by atoms with Gasteiger partial charge >= 0.3 is 0 Å². The van der Waals surface area contributed by atoms with Gasteiger partial charge in [0, 0.05) is 12.2 Å². The predicted octanol–water partition coefficient (Wildman–Crippen LogP) is 1.66. The Kier molecular flexibility index (Phi) is 4.55. The van der Waals surface area contributed by atoms with Crippen molar-refractivity contribution in [3.63, 3.8) is 0 Å². The zero-order chi connectivity index (χ0) is 13.0. The molecule has 1 aromatic heterocycles. The summed E-state index contributed by atoms with van der Waals surface area (Å²) in [4.78, 5) is 6.78. The fraction of sp³-hybridized carbons (Fsp3) is 0.643. The van der Waals surface area contributed by atoms with Crippen molar-refractivity contribution in [2.45, 2.75) is 32.7 Å². The number of piperidine rings is 1. The van der Waals surface area contributed by atoms with Gasteiger partial charge in [-0.05, 0) is 63.9 Å². The van der Waals surface area contributed by atoms with Gasteiger partial charge in [-0.25, -0.2) is 0 Å². The van der Waals surface area contributed by atoms with Gasteiger partial charge < -0.3 is 10.8 Å². The Balaban J connectivity index is 1.89. The van der Waals surface area contributed by atoms with Crippen molar-refractivity contribution in [3.8, 4) is 5.75 Å². The smallest absolute Gasteiger partial charge is 0.138 e. The van der Waals surface area contributed by atoms with Crippen LogP contribution in [0.1, 0.15) is 30.7 Å². The molecule has 0 radical (unpaired) electrons. The van der Waals surface area contributed by atoms with E-state index in [9.17, 15) is 5.11 Å². The Morgan fingerprint density at radius 2 is 2.11 bits per heavy atom. The standard InChI is InChI=1S/C14H23N3O/c1-11-2-3-14(18)13(16-11)10-17-8-5-12(4-7-15)6-9-17/h2-3,12,18H,4-10,15H2,1H3. The van der Waals surface area contributed by atoms with Crippen LogP contribution in [-0.4, -0.2) is 34.6 Å². The third kappa shape index (κ3) is 3.43. The minimum absolute atomic E-state index is 0.310. The number of aromatic hydroxyl groups is 1. The van der Waals surface area contributed by atoms with Gasteiger partial charge in [0.05, 0.1) is 5.69 Å². The summed E-state index contributed by atoms with van der Waals surface area (Å²) in [5.74, 6) is 1.09. The topological polar surface area (TPSA) is 62.4 Å². The molecular formula is C14H23N3O. The van der Waals surface area contributed by atoms with E-state index in [0.717, 1.165) is 49.9 Å². The molecule has 1 aliphatic heterocycles. The van der Waals surface area contributed by atoms with Crippen LogP contribution in [0.3, 0.4) is 0 Å². The second-order valence-electron chi connectivity index (χ2n) is 5.22. The van der Waals surface area contributed by atoms with Crippen LogP contribution in [0.2, 0.25) is 0 Å². The fourth-order valence-electron chi connectivity index (χ4n) is 2.60. The monoisotopic (exact) mass is 249 g/mol. The first-order valence-electron chi connectivity index (χ1n) is 6.77. The number of aromatic nitrogens is 1. The maximum atomic E-state index is 9.80. The van der Waals surface area contributed by atoms with Crippen LogP contribution in [0, 0.1) is 12.8 Å². The predicted molar refractivity (Wildman–Crippen MR) is 72.3 cm³/mol. The van der Waals surface area contributed by atoms with Crippen LogP contribution in [-0.2, 0) is 6.54 Å². The Morgan fingerprint density at radius 1 is 1.39 bits per heavy atom. The molecule has 0 aliphatic carbocycles. The molecule has 18 heavy (non-hydrogen) atoms. The summed E-state index contributed by atoms with van der Waals surface area (Å²) < 4.78 is 0. The van der Waals surface area contributed by atoms with Crippen molar-refractivity contribution in [2.24, 2.45) is 11.7 Å². The molecule has 0 unspecified atom stereocenters. The highest BCUT2D eigenvalue weighted by molar-refractivity contribution is 5.27. The van der Waals surface area contributed by atoms with Gasteiger partial charge in [0.1, 0.15) is 5.75 Å². The number of hydrogen-bond donors (Lipinski definition) is 2. The highest BCUT2D eigenvalue weighted by atomic mass is 16.3. The Morgan fingerprint density at radius 3 is 2.78 bits per heavy atom. The molecule has 1 saturated heterocycles. The van der Waals surface area contributed by atoms with E-state index in [1.54, 1.807) is 6.07 Å². The van der Waals surface area contributed by atoms with Crippen LogP contribution in [0.25, 0.3) is 0 Å². The molecule has 1 fully saturated rings. The molecule has 2 rings (SSSR count). The maximum absolute atomic E-state index is 9.80. The number of hydrogen-bond acceptors (Lipinski definition) is 4. The van der Waals surface area contributed by atoms with Gasteiger partial charge in [0.15, 0.2) is 0 Å². The molecule has 0 aromatic carbocycles. The highest BCUT2D eigenvalue weighted by Crippen LogP contribution is 2.23. The first-order chi connectivity index (χ1) is 8.69. The van der Waals surface area contributed by atoms with E-state index in [-0.39, 0.29) is 0 Å². The molecular weight excluding hydrogens is 226 g/mol. The van der Waals surface area contributed by atoms with E-state index in [1.165, 1.54) is 12.8 Å². The van der Waals surface area contributed by atoms with Crippen molar-refractivity contribution in [1.82, 2.24) is 9.88 Å². The van der Waals surface area contributed by atoms with Crippen molar-refractivity contribution in [3.05, 3.63) is 23.5 Å². The molecule has 0 atom stereocenters. The number of nitrogens with zero attached hydrogens (tertiary/aromatic N) is 2. The first-order valence-corrected chi connectivity index (χ1v) is 6.77. The Bertz CT molecular complexity index is 387. The minimum Gasteiger partial charge on any atom is -0.506 e. The van der Waals surface area contributed by atoms with E-state index in [0.29, 0.717) is 5.75 Å². The molecule has 4 heteroatoms. The van der Waals surface area contributed by atoms with Crippen LogP contribution in [0.4, 0.5) is 0 Å². The molecule has 1 aromatic rings. The lowest BCUT2D eigenvalue weighted by Gasteiger charge is -2.31. The van der Waals surface area contributed by atoms with E-state index < -0.39 is 0 Å². The first kappa shape index (κ1) is 13.3. The lowest BCUT2D eigenvalue weighted by Crippen LogP contribution is -2.34. The third-order valence-electron chi connectivity index (χ3n) is 3.74. The second kappa shape index (κ2) is 6.16. The summed E-state index contributed by atoms with van der Waals surface area (Å²) in [5, 5.41) is 9.80. The average molecular weight is 249 g/mol. The fourth-order valence-corrected chi connectivity index (χ4v) is 2.60. The molecule has 0 saturated carbocycles. The summed E-state index contributed by atoms with van der Waals surface area (Å²) in [6.07, 6.45) is 3.56. The number of aryl methyl sites for hydroxylation is 1. The molecule has 1 aliphatic rings. The number of pyridine rings is 1. The van der Waals surface area contributed by atoms with Crippen molar-refractivity contribution in [1.29, 1.82) is 0 Å². The zero-order valence-electron chi connectivity index (χ0n) is 11.1. The molecule has 2 heterocycles. The lowest BCUT2D eigenvalue weighted by molar-refractivity contribution is 0.170. The normalized spacial score (nSPS) is 18.1. The van der Waals surface area contributed by atoms with Crippen LogP contribution in [0.5, 0.6) is 5.75 Å². The van der Waals surface area contributed by atoms with Crippen molar-refractivity contribution < 1.29 is 5.11 Å². The van der Waals surface area contributed by atoms with E-state index >= 15 is 0 Å². The number of likely N-dealkylation sites (tertiary alicyclic amines) is 1. The van der Waals surface area contributed by atoms with E-state index in [1.807, 2.05) is 13.0 Å². The van der Waals surface area contributed by atoms with Gasteiger partial charge in [-0.3, -0.25) is 9.88 Å². The van der Waals surface area contributed by atoms with Gasteiger partial charge in [0.2, 0.25) is 0 Å². The van der Waals surface area contributed by atoms with Crippen LogP contribution < -0.4 is 5.73 Å². The number of rotatable bonds is 4. The Hall–Kier alpha value is -1.13. The summed E-state index contributed by atoms with van der Waals surface area (Å²) in [6.45, 7) is 5.67. The van der Waals surface area contributed by atoms with Gasteiger partial charge in [-0.15, -0.1) is 0 Å². The quantitative estimate of drug-likeness (QED) is 0.852. The molecule has 4 nitrogen and oxygen atoms in total. The summed E-state index contributed by atoms with van der Waals surface area (Å²) in [7, 11) is 0. The van der Waals surface area contributed by atoms with Crippen molar-refractivity contribution >= 4 is 0 Å². The lowest BCUT2D eigenvalue weighted by atomic mass is 9.93. The molecule has 100 valence electrons. The Labute approximate surface area is 109 Å². The van der Waals surface area contributed by atoms with Gasteiger partial charge in [-0.1, -0.05) is 0 Å². The molecule has 0 spiro atoms. The van der Waals surface area contributed by atoms with Crippen LogP contribution in [0.15, 0.2) is 12.1 Å². The van der Waals surface area contributed by atoms with Crippen LogP contribution >= 0.6 is 0 Å². The summed E-state index contributed by atoms with van der Waals surface area (Å²) in [5.41, 5.74) is 7.35. The number of nitrogens with two attached hydrogens (primary N) is 1. The SMILES string of the molecule is Cc1ccc(O)c(CN2CCC(CCN)CC2)n1. The molecule has 0 amide bonds. The third-order valence-corrected chi connectivity index (χ3v) is 3.74. The summed E-state index contributed by atoms with van der Waals surface area (Å²) in [6, 6.07) is 3.57. The van der Waals surface area contributed by atoms with E-state index in [2.05, 4.69) is 9.88 Å². The highest BCUT2D eigenvalue weighted by Gasteiger charge is 2.19. The summed E-state index contributed by atoms with van der Waals surface area (Å²) >= 11 is 0. The van der Waals surface area contributed by atoms with Gasteiger partial charge in [-0.2, -0.15) is 0 Å². The molecule has 0 bridgehead atoms. The zero-order valence-corrected chi connectivity index (χ0v) is 11.1. The second-order valence-corrected chi connectivity index (χ2v) is 5.22. The largest absolute Gasteiger partial charge is 0.506 e. The average Bonchev–Trinajstić information content (AvgIpc) is 2.37.